The summed E-state index contributed by atoms with van der Waals surface area (Å²) in [5.41, 5.74) is 2.40. The summed E-state index contributed by atoms with van der Waals surface area (Å²) in [6.07, 6.45) is 1.71. The van der Waals surface area contributed by atoms with Crippen LogP contribution in [0.25, 0.3) is 0 Å². The van der Waals surface area contributed by atoms with Crippen molar-refractivity contribution < 1.29 is 14.1 Å². The van der Waals surface area contributed by atoms with Gasteiger partial charge in [-0.3, -0.25) is 4.79 Å². The minimum atomic E-state index is -0.293. The molecule has 8 heteroatoms. The molecule has 2 aromatic rings. The lowest BCUT2D eigenvalue weighted by molar-refractivity contribution is 0.0468. The molecule has 0 aromatic carbocycles. The van der Waals surface area contributed by atoms with Crippen LogP contribution < -0.4 is 5.32 Å². The van der Waals surface area contributed by atoms with Gasteiger partial charge >= 0.3 is 0 Å². The molecule has 1 N–H and O–H groups in total. The van der Waals surface area contributed by atoms with Crippen LogP contribution in [0.2, 0.25) is 0 Å². The van der Waals surface area contributed by atoms with Gasteiger partial charge in [0.2, 0.25) is 5.89 Å². The van der Waals surface area contributed by atoms with Gasteiger partial charge in [-0.1, -0.05) is 5.16 Å². The zero-order valence-electron chi connectivity index (χ0n) is 12.5. The van der Waals surface area contributed by atoms with Crippen molar-refractivity contribution in [2.45, 2.75) is 32.7 Å². The highest BCUT2D eigenvalue weighted by Crippen LogP contribution is 2.30. The fraction of sp³-hybridized carbons (Fsp3) is 0.571. The molecule has 1 amide bonds. The number of amides is 1. The molecule has 0 saturated carbocycles. The monoisotopic (exact) mass is 322 g/mol. The lowest BCUT2D eigenvalue weighted by Crippen LogP contribution is -2.36. The predicted molar refractivity (Wildman–Crippen MR) is 79.6 cm³/mol. The van der Waals surface area contributed by atoms with E-state index in [1.54, 1.807) is 12.4 Å². The van der Waals surface area contributed by atoms with Crippen LogP contribution in [0.4, 0.5) is 0 Å². The van der Waals surface area contributed by atoms with E-state index in [9.17, 15) is 4.79 Å². The van der Waals surface area contributed by atoms with Crippen LogP contribution in [0.1, 0.15) is 46.0 Å². The molecular formula is C14H18N4O3S. The van der Waals surface area contributed by atoms with Gasteiger partial charge in [-0.15, -0.1) is 11.3 Å². The van der Waals surface area contributed by atoms with Crippen molar-refractivity contribution in [2.24, 2.45) is 5.92 Å². The van der Waals surface area contributed by atoms with Crippen LogP contribution in [0.15, 0.2) is 10.0 Å². The summed E-state index contributed by atoms with van der Waals surface area (Å²) < 4.78 is 10.7. The number of hydrogen-bond acceptors (Lipinski definition) is 7. The van der Waals surface area contributed by atoms with Gasteiger partial charge in [0, 0.05) is 13.2 Å². The normalized spacial score (nSPS) is 17.4. The minimum absolute atomic E-state index is 0.146. The first-order valence-corrected chi connectivity index (χ1v) is 8.12. The van der Waals surface area contributed by atoms with Crippen LogP contribution in [0.3, 0.4) is 0 Å². The Morgan fingerprint density at radius 3 is 2.77 bits per heavy atom. The van der Waals surface area contributed by atoms with Crippen LogP contribution in [-0.4, -0.2) is 34.2 Å². The maximum atomic E-state index is 12.5. The Morgan fingerprint density at radius 1 is 1.41 bits per heavy atom. The molecule has 118 valence electrons. The van der Waals surface area contributed by atoms with Gasteiger partial charge in [0.1, 0.15) is 10.9 Å². The minimum Gasteiger partial charge on any atom is -0.381 e. The molecule has 3 heterocycles. The first-order valence-electron chi connectivity index (χ1n) is 7.24. The van der Waals surface area contributed by atoms with Crippen molar-refractivity contribution >= 4 is 17.2 Å². The topological polar surface area (TPSA) is 90.1 Å². The lowest BCUT2D eigenvalue weighted by atomic mass is 9.91. The number of nitrogens with one attached hydrogen (secondary N) is 1. The molecule has 22 heavy (non-hydrogen) atoms. The van der Waals surface area contributed by atoms with E-state index in [1.807, 2.05) is 6.92 Å². The summed E-state index contributed by atoms with van der Waals surface area (Å²) in [5.74, 6) is 1.10. The summed E-state index contributed by atoms with van der Waals surface area (Å²) in [7, 11) is 0. The number of rotatable bonds is 4. The number of hydrogen-bond donors (Lipinski definition) is 1. The Hall–Kier alpha value is -1.80. The number of nitrogens with zero attached hydrogens (tertiary/aromatic N) is 3. The third-order valence-corrected chi connectivity index (χ3v) is 4.71. The maximum Gasteiger partial charge on any atom is 0.263 e. The molecule has 1 saturated heterocycles. The van der Waals surface area contributed by atoms with Gasteiger partial charge < -0.3 is 14.6 Å². The number of aromatic nitrogens is 3. The summed E-state index contributed by atoms with van der Waals surface area (Å²) in [4.78, 5) is 21.5. The van der Waals surface area contributed by atoms with Crippen LogP contribution in [0.5, 0.6) is 0 Å². The third kappa shape index (κ3) is 3.17. The average Bonchev–Trinajstić information content (AvgIpc) is 3.14. The second-order valence-electron chi connectivity index (χ2n) is 5.35. The van der Waals surface area contributed by atoms with Crippen molar-refractivity contribution in [1.82, 2.24) is 20.4 Å². The summed E-state index contributed by atoms with van der Waals surface area (Å²) >= 11 is 1.33. The number of carbonyl (C=O) groups excluding carboxylic acids is 1. The summed E-state index contributed by atoms with van der Waals surface area (Å²) in [5, 5.41) is 6.88. The highest BCUT2D eigenvalue weighted by Gasteiger charge is 2.32. The zero-order valence-corrected chi connectivity index (χ0v) is 13.4. The molecule has 0 spiro atoms. The van der Waals surface area contributed by atoms with Crippen molar-refractivity contribution in [2.75, 3.05) is 13.2 Å². The van der Waals surface area contributed by atoms with E-state index in [1.165, 1.54) is 11.3 Å². The van der Waals surface area contributed by atoms with E-state index >= 15 is 0 Å². The molecule has 7 nitrogen and oxygen atoms in total. The quantitative estimate of drug-likeness (QED) is 0.926. The van der Waals surface area contributed by atoms with Crippen molar-refractivity contribution in [3.05, 3.63) is 27.8 Å². The summed E-state index contributed by atoms with van der Waals surface area (Å²) in [6, 6.07) is -0.293. The van der Waals surface area contributed by atoms with Gasteiger partial charge in [-0.2, -0.15) is 4.98 Å². The standard InChI is InChI=1S/C14H18N4O3S/c1-8-12(22-7-15-8)13(19)17-11(10-3-5-20-6-4-10)14-16-9(2)18-21-14/h7,10-11H,3-6H2,1-2H3,(H,17,19)/t11-/m0/s1. The molecule has 2 aromatic heterocycles. The fourth-order valence-electron chi connectivity index (χ4n) is 2.60. The van der Waals surface area contributed by atoms with E-state index in [-0.39, 0.29) is 17.9 Å². The van der Waals surface area contributed by atoms with E-state index in [0.29, 0.717) is 29.8 Å². The molecule has 0 bridgehead atoms. The average molecular weight is 322 g/mol. The Bertz CT molecular complexity index is 648. The second-order valence-corrected chi connectivity index (χ2v) is 6.20. The predicted octanol–water partition coefficient (Wildman–Crippen LogP) is 2.04. The Labute approximate surface area is 132 Å². The van der Waals surface area contributed by atoms with Gasteiger partial charge in [-0.05, 0) is 32.6 Å². The van der Waals surface area contributed by atoms with Crippen molar-refractivity contribution in [3.8, 4) is 0 Å². The highest BCUT2D eigenvalue weighted by atomic mass is 32.1. The molecule has 0 radical (unpaired) electrons. The van der Waals surface area contributed by atoms with Crippen molar-refractivity contribution in [1.29, 1.82) is 0 Å². The molecule has 1 aliphatic rings. The zero-order chi connectivity index (χ0) is 15.5. The van der Waals surface area contributed by atoms with Gasteiger partial charge in [-0.25, -0.2) is 4.98 Å². The van der Waals surface area contributed by atoms with Crippen LogP contribution in [0, 0.1) is 19.8 Å². The molecular weight excluding hydrogens is 304 g/mol. The number of aryl methyl sites for hydroxylation is 2. The van der Waals surface area contributed by atoms with E-state index in [2.05, 4.69) is 20.4 Å². The van der Waals surface area contributed by atoms with E-state index in [4.69, 9.17) is 9.26 Å². The van der Waals surface area contributed by atoms with Crippen LogP contribution in [-0.2, 0) is 4.74 Å². The molecule has 0 unspecified atom stereocenters. The maximum absolute atomic E-state index is 12.5. The molecule has 0 aliphatic carbocycles. The first kappa shape index (κ1) is 15.1. The molecule has 3 rings (SSSR count). The summed E-state index contributed by atoms with van der Waals surface area (Å²) in [6.45, 7) is 4.96. The Balaban J connectivity index is 1.82. The van der Waals surface area contributed by atoms with E-state index < -0.39 is 0 Å². The van der Waals surface area contributed by atoms with Crippen molar-refractivity contribution in [3.63, 3.8) is 0 Å². The number of carbonyl (C=O) groups is 1. The SMILES string of the molecule is Cc1noc([C@@H](NC(=O)c2scnc2C)C2CCOCC2)n1. The Kier molecular flexibility index (Phi) is 4.49. The number of thiazole rings is 1. The Morgan fingerprint density at radius 2 is 2.18 bits per heavy atom. The third-order valence-electron chi connectivity index (χ3n) is 3.79. The first-order chi connectivity index (χ1) is 10.6. The highest BCUT2D eigenvalue weighted by molar-refractivity contribution is 7.11. The smallest absolute Gasteiger partial charge is 0.263 e. The molecule has 1 fully saturated rings. The largest absolute Gasteiger partial charge is 0.381 e. The molecule has 1 aliphatic heterocycles. The van der Waals surface area contributed by atoms with Gasteiger partial charge in [0.15, 0.2) is 5.82 Å². The van der Waals surface area contributed by atoms with Gasteiger partial charge in [0.05, 0.1) is 11.2 Å². The van der Waals surface area contributed by atoms with Crippen LogP contribution >= 0.6 is 11.3 Å². The lowest BCUT2D eigenvalue weighted by Gasteiger charge is -2.28. The van der Waals surface area contributed by atoms with E-state index in [0.717, 1.165) is 18.5 Å². The number of ether oxygens (including phenoxy) is 1. The fourth-order valence-corrected chi connectivity index (χ4v) is 3.30. The second kappa shape index (κ2) is 6.53. The molecule has 1 atom stereocenters. The van der Waals surface area contributed by atoms with Gasteiger partial charge in [0.25, 0.3) is 5.91 Å².